The largest absolute Gasteiger partial charge is 0.308 e. The van der Waals surface area contributed by atoms with E-state index in [9.17, 15) is 0 Å². The van der Waals surface area contributed by atoms with E-state index < -0.39 is 0 Å². The number of hydrogen-bond donors (Lipinski definition) is 1. The van der Waals surface area contributed by atoms with Crippen LogP contribution in [-0.4, -0.2) is 31.6 Å². The highest BCUT2D eigenvalue weighted by Gasteiger charge is 2.06. The van der Waals surface area contributed by atoms with E-state index in [2.05, 4.69) is 59.2 Å². The second-order valence-corrected chi connectivity index (χ2v) is 6.21. The summed E-state index contributed by atoms with van der Waals surface area (Å²) < 4.78 is 1.21. The van der Waals surface area contributed by atoms with Gasteiger partial charge < -0.3 is 10.2 Å². The van der Waals surface area contributed by atoms with Crippen LogP contribution in [0.4, 0.5) is 0 Å². The molecule has 0 saturated heterocycles. The van der Waals surface area contributed by atoms with Crippen LogP contribution in [0, 0.1) is 0 Å². The molecule has 1 heterocycles. The predicted octanol–water partition coefficient (Wildman–Crippen LogP) is 3.11. The molecule has 0 aliphatic heterocycles. The van der Waals surface area contributed by atoms with Crippen molar-refractivity contribution in [2.75, 3.05) is 26.7 Å². The number of thiophene rings is 1. The van der Waals surface area contributed by atoms with Crippen LogP contribution in [0.15, 0.2) is 15.9 Å². The number of nitrogens with zero attached hydrogens (tertiary/aromatic N) is 1. The van der Waals surface area contributed by atoms with Gasteiger partial charge in [0.15, 0.2) is 0 Å². The van der Waals surface area contributed by atoms with Crippen LogP contribution >= 0.6 is 27.3 Å². The van der Waals surface area contributed by atoms with Gasteiger partial charge >= 0.3 is 0 Å². The van der Waals surface area contributed by atoms with E-state index in [1.807, 2.05) is 0 Å². The monoisotopic (exact) mass is 290 g/mol. The lowest BCUT2D eigenvalue weighted by atomic mass is 10.3. The minimum atomic E-state index is 0.451. The smallest absolute Gasteiger partial charge is 0.0701 e. The Bertz CT molecular complexity index is 288. The van der Waals surface area contributed by atoms with E-state index in [4.69, 9.17) is 0 Å². The van der Waals surface area contributed by atoms with E-state index in [0.717, 1.165) is 19.6 Å². The van der Waals surface area contributed by atoms with Gasteiger partial charge in [-0.1, -0.05) is 6.92 Å². The lowest BCUT2D eigenvalue weighted by Gasteiger charge is -2.17. The predicted molar refractivity (Wildman–Crippen MR) is 71.6 cm³/mol. The first-order chi connectivity index (χ1) is 7.13. The van der Waals surface area contributed by atoms with Gasteiger partial charge in [-0.3, -0.25) is 0 Å². The third-order valence-electron chi connectivity index (χ3n) is 2.50. The first-order valence-corrected chi connectivity index (χ1v) is 6.91. The molecule has 1 aromatic rings. The number of hydrogen-bond acceptors (Lipinski definition) is 3. The SMILES string of the molecule is CCN(C)CCNC(C)c1ccc(Br)s1. The third-order valence-corrected chi connectivity index (χ3v) is 4.31. The number of halogens is 1. The van der Waals surface area contributed by atoms with Gasteiger partial charge in [-0.05, 0) is 48.6 Å². The summed E-state index contributed by atoms with van der Waals surface area (Å²) in [5.74, 6) is 0. The van der Waals surface area contributed by atoms with Gasteiger partial charge in [-0.25, -0.2) is 0 Å². The van der Waals surface area contributed by atoms with Crippen molar-refractivity contribution in [3.05, 3.63) is 20.8 Å². The Morgan fingerprint density at radius 1 is 1.53 bits per heavy atom. The minimum Gasteiger partial charge on any atom is -0.308 e. The molecule has 0 fully saturated rings. The van der Waals surface area contributed by atoms with Crippen LogP contribution in [0.25, 0.3) is 0 Å². The standard InChI is InChI=1S/C11H19BrN2S/c1-4-14(3)8-7-13-9(2)10-5-6-11(12)15-10/h5-6,9,13H,4,7-8H2,1-3H3. The Balaban J connectivity index is 2.27. The van der Waals surface area contributed by atoms with Crippen molar-refractivity contribution >= 4 is 27.3 Å². The molecule has 0 aliphatic rings. The van der Waals surface area contributed by atoms with E-state index in [1.165, 1.54) is 8.66 Å². The molecule has 2 nitrogen and oxygen atoms in total. The molecular weight excluding hydrogens is 272 g/mol. The van der Waals surface area contributed by atoms with Crippen molar-refractivity contribution in [1.29, 1.82) is 0 Å². The zero-order valence-electron chi connectivity index (χ0n) is 9.59. The van der Waals surface area contributed by atoms with Crippen LogP contribution in [0.5, 0.6) is 0 Å². The molecule has 86 valence electrons. The Kier molecular flexibility index (Phi) is 5.82. The zero-order chi connectivity index (χ0) is 11.3. The molecule has 1 N–H and O–H groups in total. The molecule has 0 spiro atoms. The van der Waals surface area contributed by atoms with Crippen molar-refractivity contribution < 1.29 is 0 Å². The molecule has 1 atom stereocenters. The fourth-order valence-electron chi connectivity index (χ4n) is 1.29. The van der Waals surface area contributed by atoms with Gasteiger partial charge in [-0.2, -0.15) is 0 Å². The van der Waals surface area contributed by atoms with Crippen LogP contribution in [0.1, 0.15) is 24.8 Å². The van der Waals surface area contributed by atoms with E-state index in [-0.39, 0.29) is 0 Å². The van der Waals surface area contributed by atoms with Crippen LogP contribution in [0.2, 0.25) is 0 Å². The summed E-state index contributed by atoms with van der Waals surface area (Å²) in [5, 5.41) is 3.53. The summed E-state index contributed by atoms with van der Waals surface area (Å²) >= 11 is 5.29. The number of likely N-dealkylation sites (N-methyl/N-ethyl adjacent to an activating group) is 1. The van der Waals surface area contributed by atoms with Gasteiger partial charge in [0.25, 0.3) is 0 Å². The molecule has 0 aliphatic carbocycles. The van der Waals surface area contributed by atoms with E-state index in [0.29, 0.717) is 6.04 Å². The van der Waals surface area contributed by atoms with Gasteiger partial charge in [0.1, 0.15) is 0 Å². The average Bonchev–Trinajstić information content (AvgIpc) is 2.64. The maximum Gasteiger partial charge on any atom is 0.0701 e. The Morgan fingerprint density at radius 3 is 2.80 bits per heavy atom. The fraction of sp³-hybridized carbons (Fsp3) is 0.636. The fourth-order valence-corrected chi connectivity index (χ4v) is 2.74. The molecule has 15 heavy (non-hydrogen) atoms. The molecule has 0 bridgehead atoms. The second kappa shape index (κ2) is 6.63. The average molecular weight is 291 g/mol. The highest BCUT2D eigenvalue weighted by atomic mass is 79.9. The molecule has 4 heteroatoms. The molecule has 1 rings (SSSR count). The van der Waals surface area contributed by atoms with Crippen molar-refractivity contribution in [1.82, 2.24) is 10.2 Å². The van der Waals surface area contributed by atoms with Gasteiger partial charge in [0, 0.05) is 24.0 Å². The summed E-state index contributed by atoms with van der Waals surface area (Å²) in [5.41, 5.74) is 0. The first-order valence-electron chi connectivity index (χ1n) is 5.30. The molecule has 0 saturated carbocycles. The molecule has 0 amide bonds. The molecule has 1 unspecified atom stereocenters. The van der Waals surface area contributed by atoms with Crippen molar-refractivity contribution in [3.63, 3.8) is 0 Å². The Morgan fingerprint density at radius 2 is 2.27 bits per heavy atom. The normalized spacial score (nSPS) is 13.4. The Hall–Kier alpha value is 0.1000. The van der Waals surface area contributed by atoms with Gasteiger partial charge in [0.2, 0.25) is 0 Å². The lowest BCUT2D eigenvalue weighted by molar-refractivity contribution is 0.343. The summed E-state index contributed by atoms with van der Waals surface area (Å²) in [6.45, 7) is 7.65. The second-order valence-electron chi connectivity index (χ2n) is 3.71. The van der Waals surface area contributed by atoms with Crippen molar-refractivity contribution in [2.24, 2.45) is 0 Å². The summed E-state index contributed by atoms with van der Waals surface area (Å²) in [4.78, 5) is 3.70. The molecule has 0 aromatic carbocycles. The van der Waals surface area contributed by atoms with E-state index >= 15 is 0 Å². The number of nitrogens with one attached hydrogen (secondary N) is 1. The number of rotatable bonds is 6. The van der Waals surface area contributed by atoms with Crippen molar-refractivity contribution in [3.8, 4) is 0 Å². The zero-order valence-corrected chi connectivity index (χ0v) is 12.0. The summed E-state index contributed by atoms with van der Waals surface area (Å²) in [6, 6.07) is 4.73. The van der Waals surface area contributed by atoms with Crippen LogP contribution in [-0.2, 0) is 0 Å². The quantitative estimate of drug-likeness (QED) is 0.866. The Labute approximate surface area is 105 Å². The van der Waals surface area contributed by atoms with Crippen LogP contribution in [0.3, 0.4) is 0 Å². The van der Waals surface area contributed by atoms with Gasteiger partial charge in [0.05, 0.1) is 3.79 Å². The summed E-state index contributed by atoms with van der Waals surface area (Å²) in [7, 11) is 2.15. The topological polar surface area (TPSA) is 15.3 Å². The first kappa shape index (κ1) is 13.2. The molecule has 0 radical (unpaired) electrons. The van der Waals surface area contributed by atoms with Crippen LogP contribution < -0.4 is 5.32 Å². The summed E-state index contributed by atoms with van der Waals surface area (Å²) in [6.07, 6.45) is 0. The molecular formula is C11H19BrN2S. The van der Waals surface area contributed by atoms with Gasteiger partial charge in [-0.15, -0.1) is 11.3 Å². The maximum absolute atomic E-state index is 3.53. The lowest BCUT2D eigenvalue weighted by Crippen LogP contribution is -2.30. The highest BCUT2D eigenvalue weighted by Crippen LogP contribution is 2.26. The minimum absolute atomic E-state index is 0.451. The third kappa shape index (κ3) is 4.64. The highest BCUT2D eigenvalue weighted by molar-refractivity contribution is 9.11. The van der Waals surface area contributed by atoms with E-state index in [1.54, 1.807) is 11.3 Å². The maximum atomic E-state index is 3.53. The van der Waals surface area contributed by atoms with Crippen molar-refractivity contribution in [2.45, 2.75) is 19.9 Å². The molecule has 1 aromatic heterocycles.